The van der Waals surface area contributed by atoms with E-state index in [2.05, 4.69) is 53.9 Å². The number of rotatable bonds is 6. The van der Waals surface area contributed by atoms with Crippen molar-refractivity contribution in [2.24, 2.45) is 0 Å². The fourth-order valence-electron chi connectivity index (χ4n) is 4.15. The first-order chi connectivity index (χ1) is 14.8. The van der Waals surface area contributed by atoms with E-state index < -0.39 is 0 Å². The number of amides is 2. The highest BCUT2D eigenvalue weighted by atomic mass is 16.2. The second-order valence-corrected chi connectivity index (χ2v) is 7.72. The standard InChI is InChI=1S/C27H28N2O/c30-27(28-21-23-13-5-2-6-14-23)29(20-10-15-22-11-3-1-4-12-22)26-19-9-17-24-16-7-8-18-25(24)26/h1-8,10-16,18,26H,9,17,19-21H2,(H,28,30)/b15-10+. The van der Waals surface area contributed by atoms with Crippen LogP contribution in [0.5, 0.6) is 0 Å². The van der Waals surface area contributed by atoms with Crippen molar-refractivity contribution >= 4 is 12.1 Å². The van der Waals surface area contributed by atoms with Crippen LogP contribution in [0.2, 0.25) is 0 Å². The molecule has 0 saturated carbocycles. The molecule has 3 aromatic carbocycles. The van der Waals surface area contributed by atoms with Gasteiger partial charge in [-0.3, -0.25) is 0 Å². The number of fused-ring (bicyclic) bond motifs is 1. The molecule has 1 atom stereocenters. The molecule has 0 bridgehead atoms. The molecule has 152 valence electrons. The van der Waals surface area contributed by atoms with Crippen LogP contribution in [-0.4, -0.2) is 17.5 Å². The van der Waals surface area contributed by atoms with Gasteiger partial charge in [-0.1, -0.05) is 97.1 Å². The summed E-state index contributed by atoms with van der Waals surface area (Å²) in [6.45, 7) is 1.11. The lowest BCUT2D eigenvalue weighted by molar-refractivity contribution is 0.174. The normalized spacial score (nSPS) is 15.5. The third kappa shape index (κ3) is 4.98. The van der Waals surface area contributed by atoms with E-state index in [9.17, 15) is 4.79 Å². The van der Waals surface area contributed by atoms with E-state index in [-0.39, 0.29) is 12.1 Å². The van der Waals surface area contributed by atoms with E-state index in [0.29, 0.717) is 13.1 Å². The Morgan fingerprint density at radius 2 is 1.63 bits per heavy atom. The highest BCUT2D eigenvalue weighted by Gasteiger charge is 2.28. The minimum absolute atomic E-state index is 0.0155. The number of hydrogen-bond donors (Lipinski definition) is 1. The van der Waals surface area contributed by atoms with Crippen LogP contribution in [0.3, 0.4) is 0 Å². The number of benzene rings is 3. The molecule has 1 N–H and O–H groups in total. The van der Waals surface area contributed by atoms with Crippen LogP contribution in [0.4, 0.5) is 4.79 Å². The van der Waals surface area contributed by atoms with Gasteiger partial charge >= 0.3 is 6.03 Å². The van der Waals surface area contributed by atoms with E-state index in [0.717, 1.165) is 30.4 Å². The van der Waals surface area contributed by atoms with E-state index >= 15 is 0 Å². The molecule has 0 radical (unpaired) electrons. The lowest BCUT2D eigenvalue weighted by Gasteiger charge is -2.35. The number of carbonyl (C=O) groups is 1. The maximum atomic E-state index is 13.2. The molecule has 4 rings (SSSR count). The van der Waals surface area contributed by atoms with Crippen molar-refractivity contribution in [1.29, 1.82) is 0 Å². The van der Waals surface area contributed by atoms with Gasteiger partial charge in [0.05, 0.1) is 6.04 Å². The third-order valence-corrected chi connectivity index (χ3v) is 5.67. The zero-order chi connectivity index (χ0) is 20.6. The Labute approximate surface area is 179 Å². The first-order valence-corrected chi connectivity index (χ1v) is 10.7. The van der Waals surface area contributed by atoms with Crippen LogP contribution in [-0.2, 0) is 13.0 Å². The Morgan fingerprint density at radius 3 is 2.43 bits per heavy atom. The number of carbonyl (C=O) groups excluding carboxylic acids is 1. The zero-order valence-corrected chi connectivity index (χ0v) is 17.2. The molecule has 0 saturated heterocycles. The van der Waals surface area contributed by atoms with Crippen LogP contribution in [0, 0.1) is 0 Å². The predicted molar refractivity (Wildman–Crippen MR) is 123 cm³/mol. The van der Waals surface area contributed by atoms with E-state index in [1.165, 1.54) is 11.1 Å². The smallest absolute Gasteiger partial charge is 0.318 e. The average Bonchev–Trinajstić information content (AvgIpc) is 2.81. The minimum atomic E-state index is -0.0155. The lowest BCUT2D eigenvalue weighted by Crippen LogP contribution is -2.43. The van der Waals surface area contributed by atoms with Crippen molar-refractivity contribution in [2.45, 2.75) is 31.8 Å². The highest BCUT2D eigenvalue weighted by Crippen LogP contribution is 2.34. The van der Waals surface area contributed by atoms with Crippen LogP contribution >= 0.6 is 0 Å². The van der Waals surface area contributed by atoms with Gasteiger partial charge in [0.2, 0.25) is 0 Å². The van der Waals surface area contributed by atoms with Crippen LogP contribution in [0.1, 0.15) is 41.1 Å². The molecule has 1 aliphatic carbocycles. The summed E-state index contributed by atoms with van der Waals surface area (Å²) in [5.74, 6) is 0. The molecule has 2 amide bonds. The van der Waals surface area contributed by atoms with Gasteiger partial charge in [-0.05, 0) is 41.5 Å². The second-order valence-electron chi connectivity index (χ2n) is 7.72. The molecule has 3 nitrogen and oxygen atoms in total. The molecular formula is C27H28N2O. The van der Waals surface area contributed by atoms with E-state index in [1.807, 2.05) is 53.4 Å². The topological polar surface area (TPSA) is 32.3 Å². The van der Waals surface area contributed by atoms with Crippen molar-refractivity contribution in [3.63, 3.8) is 0 Å². The van der Waals surface area contributed by atoms with Crippen molar-refractivity contribution in [2.75, 3.05) is 6.54 Å². The molecule has 1 unspecified atom stereocenters. The van der Waals surface area contributed by atoms with Gasteiger partial charge in [-0.25, -0.2) is 4.79 Å². The highest BCUT2D eigenvalue weighted by molar-refractivity contribution is 5.75. The molecule has 3 heteroatoms. The van der Waals surface area contributed by atoms with Gasteiger partial charge in [0.25, 0.3) is 0 Å². The van der Waals surface area contributed by atoms with Gasteiger partial charge in [0.15, 0.2) is 0 Å². The summed E-state index contributed by atoms with van der Waals surface area (Å²) < 4.78 is 0. The van der Waals surface area contributed by atoms with E-state index in [1.54, 1.807) is 0 Å². The van der Waals surface area contributed by atoms with Crippen molar-refractivity contribution in [3.05, 3.63) is 113 Å². The molecule has 0 spiro atoms. The quantitative estimate of drug-likeness (QED) is 0.545. The van der Waals surface area contributed by atoms with Crippen molar-refractivity contribution < 1.29 is 4.79 Å². The van der Waals surface area contributed by atoms with Crippen molar-refractivity contribution in [1.82, 2.24) is 10.2 Å². The molecule has 3 aromatic rings. The number of aryl methyl sites for hydroxylation is 1. The summed E-state index contributed by atoms with van der Waals surface area (Å²) in [4.78, 5) is 15.2. The predicted octanol–water partition coefficient (Wildman–Crippen LogP) is 5.99. The summed E-state index contributed by atoms with van der Waals surface area (Å²) in [5.41, 5.74) is 4.90. The van der Waals surface area contributed by atoms with Crippen molar-refractivity contribution in [3.8, 4) is 0 Å². The molecule has 0 heterocycles. The molecule has 0 aliphatic heterocycles. The maximum absolute atomic E-state index is 13.2. The second kappa shape index (κ2) is 9.93. The van der Waals surface area contributed by atoms with Gasteiger partial charge < -0.3 is 10.2 Å². The zero-order valence-electron chi connectivity index (χ0n) is 17.2. The fraction of sp³-hybridized carbons (Fsp3) is 0.222. The Hall–Kier alpha value is -3.33. The number of nitrogens with one attached hydrogen (secondary N) is 1. The summed E-state index contributed by atoms with van der Waals surface area (Å²) in [7, 11) is 0. The largest absolute Gasteiger partial charge is 0.334 e. The van der Waals surface area contributed by atoms with Gasteiger partial charge in [-0.2, -0.15) is 0 Å². The number of hydrogen-bond acceptors (Lipinski definition) is 1. The molecule has 1 aliphatic rings. The summed E-state index contributed by atoms with van der Waals surface area (Å²) in [6.07, 6.45) is 7.37. The molecule has 30 heavy (non-hydrogen) atoms. The summed E-state index contributed by atoms with van der Waals surface area (Å²) in [5, 5.41) is 3.13. The van der Waals surface area contributed by atoms with Crippen LogP contribution in [0.25, 0.3) is 6.08 Å². The first kappa shape index (κ1) is 20.0. The molecule has 0 aromatic heterocycles. The van der Waals surface area contributed by atoms with Crippen LogP contribution in [0.15, 0.2) is 91.0 Å². The minimum Gasteiger partial charge on any atom is -0.334 e. The summed E-state index contributed by atoms with van der Waals surface area (Å²) in [6, 6.07) is 28.9. The first-order valence-electron chi connectivity index (χ1n) is 10.7. The van der Waals surface area contributed by atoms with Gasteiger partial charge in [0.1, 0.15) is 0 Å². The van der Waals surface area contributed by atoms with Gasteiger partial charge in [0, 0.05) is 13.1 Å². The fourth-order valence-corrected chi connectivity index (χ4v) is 4.15. The Bertz CT molecular complexity index is 982. The average molecular weight is 397 g/mol. The van der Waals surface area contributed by atoms with Crippen LogP contribution < -0.4 is 5.32 Å². The molecule has 0 fully saturated rings. The Balaban J connectivity index is 1.53. The number of nitrogens with zero attached hydrogens (tertiary/aromatic N) is 1. The van der Waals surface area contributed by atoms with E-state index in [4.69, 9.17) is 0 Å². The maximum Gasteiger partial charge on any atom is 0.318 e. The summed E-state index contributed by atoms with van der Waals surface area (Å²) >= 11 is 0. The monoisotopic (exact) mass is 396 g/mol. The Kier molecular flexibility index (Phi) is 6.61. The van der Waals surface area contributed by atoms with Gasteiger partial charge in [-0.15, -0.1) is 0 Å². The number of urea groups is 1. The third-order valence-electron chi connectivity index (χ3n) is 5.67. The molecular weight excluding hydrogens is 368 g/mol. The lowest BCUT2D eigenvalue weighted by atomic mass is 9.87. The SMILES string of the molecule is O=C(NCc1ccccc1)N(C/C=C/c1ccccc1)C1CCCc2ccccc21. The Morgan fingerprint density at radius 1 is 0.933 bits per heavy atom.